The molecule has 0 bridgehead atoms. The van der Waals surface area contributed by atoms with Crippen LogP contribution in [-0.2, 0) is 0 Å². The lowest BCUT2D eigenvalue weighted by atomic mass is 10.1. The van der Waals surface area contributed by atoms with Gasteiger partial charge in [-0.25, -0.2) is 15.0 Å². The maximum Gasteiger partial charge on any atom is 0.164 e. The van der Waals surface area contributed by atoms with Gasteiger partial charge in [-0.2, -0.15) is 0 Å². The normalized spacial score (nSPS) is 11.9. The van der Waals surface area contributed by atoms with E-state index in [1.807, 2.05) is 60.7 Å². The van der Waals surface area contributed by atoms with Gasteiger partial charge in [0, 0.05) is 49.3 Å². The van der Waals surface area contributed by atoms with Crippen molar-refractivity contribution in [3.63, 3.8) is 0 Å². The summed E-state index contributed by atoms with van der Waals surface area (Å²) in [7, 11) is 0. The SMILES string of the molecule is c1ccc(-c2nc(-c3ccccc3)nc(-c3ccc4c5ccc6oc7c(-n8c9ccccc9c9ccccc98)cccc7c6c5n(-c5ccccc5)c4c3)n2)cc1. The van der Waals surface area contributed by atoms with E-state index in [9.17, 15) is 0 Å². The summed E-state index contributed by atoms with van der Waals surface area (Å²) in [6, 6.07) is 65.4. The molecule has 8 aromatic carbocycles. The minimum Gasteiger partial charge on any atom is -0.454 e. The fourth-order valence-corrected chi connectivity index (χ4v) is 8.65. The van der Waals surface area contributed by atoms with E-state index in [1.54, 1.807) is 0 Å². The zero-order valence-corrected chi connectivity index (χ0v) is 30.5. The van der Waals surface area contributed by atoms with E-state index in [-0.39, 0.29) is 0 Å². The first-order chi connectivity index (χ1) is 28.3. The lowest BCUT2D eigenvalue weighted by molar-refractivity contribution is 0.666. The molecule has 4 aromatic heterocycles. The number of fused-ring (bicyclic) bond motifs is 10. The molecule has 0 amide bonds. The van der Waals surface area contributed by atoms with Gasteiger partial charge in [0.05, 0.1) is 33.1 Å². The zero-order valence-electron chi connectivity index (χ0n) is 30.5. The molecule has 0 atom stereocenters. The second kappa shape index (κ2) is 12.3. The highest BCUT2D eigenvalue weighted by Gasteiger charge is 2.23. The van der Waals surface area contributed by atoms with Crippen LogP contribution in [0.3, 0.4) is 0 Å². The largest absolute Gasteiger partial charge is 0.454 e. The van der Waals surface area contributed by atoms with Gasteiger partial charge in [-0.05, 0) is 48.5 Å². The molecule has 266 valence electrons. The first-order valence-corrected chi connectivity index (χ1v) is 19.1. The smallest absolute Gasteiger partial charge is 0.164 e. The van der Waals surface area contributed by atoms with Crippen molar-refractivity contribution >= 4 is 65.6 Å². The van der Waals surface area contributed by atoms with E-state index in [0.29, 0.717) is 17.5 Å². The Bertz CT molecular complexity index is 3400. The molecule has 12 rings (SSSR count). The van der Waals surface area contributed by atoms with E-state index < -0.39 is 0 Å². The summed E-state index contributed by atoms with van der Waals surface area (Å²) in [6.07, 6.45) is 0. The molecule has 0 unspecified atom stereocenters. The van der Waals surface area contributed by atoms with Crippen molar-refractivity contribution < 1.29 is 4.42 Å². The number of hydrogen-bond donors (Lipinski definition) is 0. The van der Waals surface area contributed by atoms with Crippen LogP contribution in [0.25, 0.3) is 111 Å². The molecule has 0 spiro atoms. The van der Waals surface area contributed by atoms with Crippen LogP contribution in [-0.4, -0.2) is 24.1 Å². The van der Waals surface area contributed by atoms with Gasteiger partial charge in [0.1, 0.15) is 5.58 Å². The highest BCUT2D eigenvalue weighted by Crippen LogP contribution is 2.44. The summed E-state index contributed by atoms with van der Waals surface area (Å²) in [5, 5.41) is 6.84. The van der Waals surface area contributed by atoms with Crippen molar-refractivity contribution in [3.05, 3.63) is 188 Å². The maximum absolute atomic E-state index is 6.94. The average molecular weight is 730 g/mol. The van der Waals surface area contributed by atoms with Crippen LogP contribution in [0.5, 0.6) is 0 Å². The number of hydrogen-bond acceptors (Lipinski definition) is 4. The van der Waals surface area contributed by atoms with Crippen LogP contribution >= 0.6 is 0 Å². The minimum atomic E-state index is 0.615. The third-order valence-corrected chi connectivity index (χ3v) is 11.2. The van der Waals surface area contributed by atoms with Crippen LogP contribution in [0.1, 0.15) is 0 Å². The number of furan rings is 1. The maximum atomic E-state index is 6.94. The number of para-hydroxylation sites is 4. The van der Waals surface area contributed by atoms with Crippen molar-refractivity contribution in [1.82, 2.24) is 24.1 Å². The van der Waals surface area contributed by atoms with Crippen molar-refractivity contribution in [2.45, 2.75) is 0 Å². The van der Waals surface area contributed by atoms with Crippen LogP contribution in [0.15, 0.2) is 192 Å². The molecule has 0 aliphatic heterocycles. The Morgan fingerprint density at radius 3 is 1.54 bits per heavy atom. The molecule has 4 heterocycles. The second-order valence-electron chi connectivity index (χ2n) is 14.4. The number of rotatable bonds is 5. The van der Waals surface area contributed by atoms with E-state index in [1.165, 1.54) is 10.8 Å². The van der Waals surface area contributed by atoms with Crippen LogP contribution in [0.2, 0.25) is 0 Å². The van der Waals surface area contributed by atoms with Crippen molar-refractivity contribution in [2.24, 2.45) is 0 Å². The average Bonchev–Trinajstić information content (AvgIpc) is 3.95. The lowest BCUT2D eigenvalue weighted by Crippen LogP contribution is -2.00. The topological polar surface area (TPSA) is 61.7 Å². The summed E-state index contributed by atoms with van der Waals surface area (Å²) >= 11 is 0. The first-order valence-electron chi connectivity index (χ1n) is 19.1. The van der Waals surface area contributed by atoms with Crippen LogP contribution < -0.4 is 0 Å². The fourth-order valence-electron chi connectivity index (χ4n) is 8.65. The highest BCUT2D eigenvalue weighted by atomic mass is 16.3. The predicted molar refractivity (Wildman–Crippen MR) is 232 cm³/mol. The van der Waals surface area contributed by atoms with Crippen molar-refractivity contribution in [3.8, 4) is 45.5 Å². The Kier molecular flexibility index (Phi) is 6.83. The van der Waals surface area contributed by atoms with Gasteiger partial charge in [-0.15, -0.1) is 0 Å². The van der Waals surface area contributed by atoms with Crippen molar-refractivity contribution in [2.75, 3.05) is 0 Å². The van der Waals surface area contributed by atoms with E-state index in [4.69, 9.17) is 19.4 Å². The summed E-state index contributed by atoms with van der Waals surface area (Å²) in [4.78, 5) is 15.1. The fraction of sp³-hybridized carbons (Fsp3) is 0. The lowest BCUT2D eigenvalue weighted by Gasteiger charge is -2.11. The Morgan fingerprint density at radius 2 is 0.895 bits per heavy atom. The Labute approximate surface area is 326 Å². The van der Waals surface area contributed by atoms with E-state index in [2.05, 4.69) is 137 Å². The molecular weight excluding hydrogens is 699 g/mol. The first kappa shape index (κ1) is 31.5. The Morgan fingerprint density at radius 1 is 0.368 bits per heavy atom. The summed E-state index contributed by atoms with van der Waals surface area (Å²) in [5.74, 6) is 1.88. The monoisotopic (exact) mass is 729 g/mol. The second-order valence-corrected chi connectivity index (χ2v) is 14.4. The van der Waals surface area contributed by atoms with Crippen LogP contribution in [0.4, 0.5) is 0 Å². The summed E-state index contributed by atoms with van der Waals surface area (Å²) in [5.41, 5.74) is 11.0. The van der Waals surface area contributed by atoms with Gasteiger partial charge in [0.2, 0.25) is 0 Å². The molecule has 0 aliphatic rings. The Hall–Kier alpha value is -7.83. The van der Waals surface area contributed by atoms with E-state index >= 15 is 0 Å². The molecule has 6 heteroatoms. The van der Waals surface area contributed by atoms with Gasteiger partial charge in [0.25, 0.3) is 0 Å². The molecular formula is C51H31N5O. The molecule has 0 aliphatic carbocycles. The van der Waals surface area contributed by atoms with Gasteiger partial charge in [0.15, 0.2) is 23.1 Å². The molecule has 0 saturated heterocycles. The number of nitrogens with zero attached hydrogens (tertiary/aromatic N) is 5. The molecule has 12 aromatic rings. The highest BCUT2D eigenvalue weighted by molar-refractivity contribution is 6.25. The van der Waals surface area contributed by atoms with Crippen molar-refractivity contribution in [1.29, 1.82) is 0 Å². The number of benzene rings is 8. The molecule has 6 nitrogen and oxygen atoms in total. The van der Waals surface area contributed by atoms with Crippen LogP contribution in [0, 0.1) is 0 Å². The Balaban J connectivity index is 1.14. The molecule has 0 fully saturated rings. The zero-order chi connectivity index (χ0) is 37.5. The summed E-state index contributed by atoms with van der Waals surface area (Å²) < 4.78 is 11.7. The summed E-state index contributed by atoms with van der Waals surface area (Å²) in [6.45, 7) is 0. The standard InChI is InChI=1S/C51H31N5O/c1-4-15-32(16-5-1)49-52-50(33-17-6-2-7-18-33)54-51(53-49)34-27-28-38-39-29-30-45-46(47(39)55(44(38)31-34)35-19-8-3-9-20-35)40-23-14-26-43(48(40)57-45)56-41-24-12-10-21-36(41)37-22-11-13-25-42(37)56/h1-31H. The molecule has 0 radical (unpaired) electrons. The third kappa shape index (κ3) is 4.81. The molecule has 57 heavy (non-hydrogen) atoms. The molecule has 0 saturated carbocycles. The van der Waals surface area contributed by atoms with Gasteiger partial charge < -0.3 is 13.6 Å². The van der Waals surface area contributed by atoms with E-state index in [0.717, 1.165) is 82.8 Å². The minimum absolute atomic E-state index is 0.615. The van der Waals surface area contributed by atoms with Gasteiger partial charge in [-0.1, -0.05) is 140 Å². The van der Waals surface area contributed by atoms with Gasteiger partial charge in [-0.3, -0.25) is 0 Å². The number of aromatic nitrogens is 5. The predicted octanol–water partition coefficient (Wildman–Crippen LogP) is 13.0. The quantitative estimate of drug-likeness (QED) is 0.177. The third-order valence-electron chi connectivity index (χ3n) is 11.2. The molecule has 0 N–H and O–H groups in total. The van der Waals surface area contributed by atoms with Gasteiger partial charge >= 0.3 is 0 Å².